The van der Waals surface area contributed by atoms with Crippen molar-refractivity contribution in [2.24, 2.45) is 11.8 Å². The van der Waals surface area contributed by atoms with Crippen LogP contribution in [0.5, 0.6) is 0 Å². The number of nitro groups is 1. The fraction of sp³-hybridized carbons (Fsp3) is 0.630. The molecule has 0 aromatic heterocycles. The van der Waals surface area contributed by atoms with Crippen molar-refractivity contribution in [3.63, 3.8) is 0 Å². The highest BCUT2D eigenvalue weighted by Crippen LogP contribution is 2.15. The normalized spacial score (nSPS) is 14.5. The lowest BCUT2D eigenvalue weighted by atomic mass is 10.00. The zero-order chi connectivity index (χ0) is 30.8. The average molecular weight is 565 g/mol. The van der Waals surface area contributed by atoms with Gasteiger partial charge in [0.05, 0.1) is 11.0 Å². The predicted octanol–water partition coefficient (Wildman–Crippen LogP) is 2.71. The number of alkyl carbamates (subject to hydrolysis) is 1. The lowest BCUT2D eigenvalue weighted by Crippen LogP contribution is -2.57. The molecule has 0 bridgehead atoms. The van der Waals surface area contributed by atoms with E-state index in [0.717, 1.165) is 0 Å². The van der Waals surface area contributed by atoms with Gasteiger partial charge in [-0.15, -0.1) is 0 Å². The molecule has 40 heavy (non-hydrogen) atoms. The number of rotatable bonds is 13. The van der Waals surface area contributed by atoms with Crippen LogP contribution >= 0.6 is 0 Å². The number of nitro benzene ring substituents is 1. The van der Waals surface area contributed by atoms with Gasteiger partial charge in [-0.2, -0.15) is 0 Å². The Morgan fingerprint density at radius 3 is 1.82 bits per heavy atom. The lowest BCUT2D eigenvalue weighted by molar-refractivity contribution is -0.384. The molecule has 13 nitrogen and oxygen atoms in total. The molecule has 0 radical (unpaired) electrons. The van der Waals surface area contributed by atoms with Gasteiger partial charge in [0, 0.05) is 30.4 Å². The van der Waals surface area contributed by atoms with Gasteiger partial charge in [0.25, 0.3) is 5.69 Å². The summed E-state index contributed by atoms with van der Waals surface area (Å²) < 4.78 is 5.34. The molecule has 0 saturated carbocycles. The van der Waals surface area contributed by atoms with Crippen LogP contribution in [0.1, 0.15) is 62.3 Å². The largest absolute Gasteiger partial charge is 0.444 e. The number of nitrogens with one attached hydrogen (secondary N) is 5. The fourth-order valence-electron chi connectivity index (χ4n) is 3.49. The van der Waals surface area contributed by atoms with Gasteiger partial charge < -0.3 is 31.3 Å². The van der Waals surface area contributed by atoms with E-state index in [0.29, 0.717) is 12.2 Å². The van der Waals surface area contributed by atoms with Crippen LogP contribution in [0.2, 0.25) is 0 Å². The second-order valence-electron chi connectivity index (χ2n) is 11.4. The Balaban J connectivity index is 2.69. The van der Waals surface area contributed by atoms with Crippen LogP contribution in [0, 0.1) is 22.0 Å². The van der Waals surface area contributed by atoms with Crippen LogP contribution in [0.4, 0.5) is 16.2 Å². The van der Waals surface area contributed by atoms with Crippen LogP contribution in [-0.4, -0.2) is 65.1 Å². The molecule has 224 valence electrons. The Morgan fingerprint density at radius 2 is 1.35 bits per heavy atom. The number of hydrogen-bond donors (Lipinski definition) is 5. The second kappa shape index (κ2) is 15.2. The van der Waals surface area contributed by atoms with Gasteiger partial charge >= 0.3 is 6.09 Å². The number of non-ortho nitro benzene ring substituents is 1. The van der Waals surface area contributed by atoms with Crippen LogP contribution < -0.4 is 26.6 Å². The van der Waals surface area contributed by atoms with Gasteiger partial charge in [-0.1, -0.05) is 27.7 Å². The van der Waals surface area contributed by atoms with Crippen molar-refractivity contribution < 1.29 is 28.8 Å². The van der Waals surface area contributed by atoms with Crippen molar-refractivity contribution in [3.8, 4) is 0 Å². The Bertz CT molecular complexity index is 1040. The number of amides is 4. The third-order valence-electron chi connectivity index (χ3n) is 5.86. The minimum absolute atomic E-state index is 0.0548. The van der Waals surface area contributed by atoms with E-state index < -0.39 is 52.5 Å². The molecule has 1 aromatic carbocycles. The maximum atomic E-state index is 13.0. The molecule has 4 atom stereocenters. The second-order valence-corrected chi connectivity index (χ2v) is 11.4. The third-order valence-corrected chi connectivity index (χ3v) is 5.86. The molecule has 4 amide bonds. The molecule has 0 fully saturated rings. The molecular formula is C27H44N6O7. The molecule has 0 aliphatic carbocycles. The first-order valence-corrected chi connectivity index (χ1v) is 13.3. The molecule has 0 spiro atoms. The lowest BCUT2D eigenvalue weighted by Gasteiger charge is -2.29. The molecule has 0 unspecified atom stereocenters. The van der Waals surface area contributed by atoms with Crippen LogP contribution in [0.15, 0.2) is 24.3 Å². The molecule has 0 heterocycles. The standard InChI is InChI=1S/C27H44N6O7/c1-15(2)21(32-26(37)40-27(7,8)9)14-28-22(16(3)4)25(36)30-17(5)23(34)29-18(6)24(35)31-19-10-12-20(13-11-19)33(38)39/h10-13,15-18,21-22,28H,14H2,1-9H3,(H,29,34)(H,30,36)(H,31,35)(H,32,37)/t17-,18-,21+,22-/m0/s1. The summed E-state index contributed by atoms with van der Waals surface area (Å²) in [4.78, 5) is 60.7. The van der Waals surface area contributed by atoms with Gasteiger partial charge in [-0.25, -0.2) is 4.79 Å². The van der Waals surface area contributed by atoms with E-state index in [2.05, 4.69) is 26.6 Å². The van der Waals surface area contributed by atoms with E-state index in [4.69, 9.17) is 4.74 Å². The molecular weight excluding hydrogens is 520 g/mol. The van der Waals surface area contributed by atoms with Crippen LogP contribution in [-0.2, 0) is 19.1 Å². The first-order valence-electron chi connectivity index (χ1n) is 13.3. The van der Waals surface area contributed by atoms with Gasteiger partial charge in [-0.3, -0.25) is 24.5 Å². The van der Waals surface area contributed by atoms with E-state index in [-0.39, 0.29) is 23.6 Å². The summed E-state index contributed by atoms with van der Waals surface area (Å²) in [5.41, 5.74) is -0.416. The minimum Gasteiger partial charge on any atom is -0.444 e. The monoisotopic (exact) mass is 564 g/mol. The van der Waals surface area contributed by atoms with E-state index in [9.17, 15) is 29.3 Å². The predicted molar refractivity (Wildman–Crippen MR) is 152 cm³/mol. The van der Waals surface area contributed by atoms with E-state index >= 15 is 0 Å². The van der Waals surface area contributed by atoms with Gasteiger partial charge in [0.15, 0.2) is 0 Å². The topological polar surface area (TPSA) is 181 Å². The highest BCUT2D eigenvalue weighted by Gasteiger charge is 2.28. The van der Waals surface area contributed by atoms with Crippen LogP contribution in [0.25, 0.3) is 0 Å². The maximum absolute atomic E-state index is 13.0. The number of carbonyl (C=O) groups excluding carboxylic acids is 4. The van der Waals surface area contributed by atoms with Gasteiger partial charge in [0.2, 0.25) is 17.7 Å². The van der Waals surface area contributed by atoms with Crippen molar-refractivity contribution in [1.82, 2.24) is 21.3 Å². The van der Waals surface area contributed by atoms with Gasteiger partial charge in [0.1, 0.15) is 17.7 Å². The maximum Gasteiger partial charge on any atom is 0.407 e. The first-order chi connectivity index (χ1) is 18.4. The molecule has 5 N–H and O–H groups in total. The molecule has 0 aliphatic rings. The number of carbonyl (C=O) groups is 4. The van der Waals surface area contributed by atoms with Crippen molar-refractivity contribution in [3.05, 3.63) is 34.4 Å². The number of anilines is 1. The summed E-state index contributed by atoms with van der Waals surface area (Å²) >= 11 is 0. The van der Waals surface area contributed by atoms with Gasteiger partial charge in [-0.05, 0) is 58.6 Å². The summed E-state index contributed by atoms with van der Waals surface area (Å²) in [5.74, 6) is -1.57. The number of nitrogens with zero attached hydrogens (tertiary/aromatic N) is 1. The fourth-order valence-corrected chi connectivity index (χ4v) is 3.49. The number of benzene rings is 1. The molecule has 0 saturated heterocycles. The summed E-state index contributed by atoms with van der Waals surface area (Å²) in [7, 11) is 0. The molecule has 0 aliphatic heterocycles. The zero-order valence-electron chi connectivity index (χ0n) is 24.8. The zero-order valence-corrected chi connectivity index (χ0v) is 24.8. The quantitative estimate of drug-likeness (QED) is 0.179. The van der Waals surface area contributed by atoms with Crippen molar-refractivity contribution >= 4 is 35.2 Å². The van der Waals surface area contributed by atoms with Crippen molar-refractivity contribution in [2.75, 3.05) is 11.9 Å². The summed E-state index contributed by atoms with van der Waals surface area (Å²) in [5, 5.41) is 24.6. The van der Waals surface area contributed by atoms with E-state index in [1.807, 2.05) is 27.7 Å². The van der Waals surface area contributed by atoms with E-state index in [1.165, 1.54) is 38.1 Å². The van der Waals surface area contributed by atoms with Crippen molar-refractivity contribution in [1.29, 1.82) is 0 Å². The Hall–Kier alpha value is -3.74. The number of hydrogen-bond acceptors (Lipinski definition) is 8. The van der Waals surface area contributed by atoms with E-state index in [1.54, 1.807) is 20.8 Å². The number of ether oxygens (including phenoxy) is 1. The summed E-state index contributed by atoms with van der Waals surface area (Å²) in [6.07, 6.45) is -0.546. The first kappa shape index (κ1) is 34.3. The summed E-state index contributed by atoms with van der Waals surface area (Å²) in [6.45, 7) is 16.2. The SMILES string of the molecule is CC(C)[C@H](NC[C@@H](NC(=O)OC(C)(C)C)C(C)C)C(=O)N[C@@H](C)C(=O)N[C@@H](C)C(=O)Nc1ccc([N+](=O)[O-])cc1. The third kappa shape index (κ3) is 12.0. The average Bonchev–Trinajstić information content (AvgIpc) is 2.82. The molecule has 1 rings (SSSR count). The molecule has 1 aromatic rings. The smallest absolute Gasteiger partial charge is 0.407 e. The summed E-state index contributed by atoms with van der Waals surface area (Å²) in [6, 6.07) is 2.45. The Kier molecular flexibility index (Phi) is 13.0. The van der Waals surface area contributed by atoms with Crippen LogP contribution in [0.3, 0.4) is 0 Å². The van der Waals surface area contributed by atoms with Crippen molar-refractivity contribution in [2.45, 2.75) is 92.1 Å². The highest BCUT2D eigenvalue weighted by atomic mass is 16.6. The Morgan fingerprint density at radius 1 is 0.825 bits per heavy atom. The molecule has 13 heteroatoms. The highest BCUT2D eigenvalue weighted by molar-refractivity contribution is 5.98. The Labute approximate surface area is 235 Å². The minimum atomic E-state index is -0.939.